The molecule has 3 aromatic rings. The molecule has 0 fully saturated rings. The van der Waals surface area contributed by atoms with Gasteiger partial charge in [0.05, 0.1) is 16.8 Å². The Bertz CT molecular complexity index is 1080. The minimum Gasteiger partial charge on any atom is -0.484 e. The highest BCUT2D eigenvalue weighted by Crippen LogP contribution is 2.20. The van der Waals surface area contributed by atoms with Gasteiger partial charge in [-0.15, -0.1) is 0 Å². The molecule has 0 unspecified atom stereocenters. The molecule has 6 nitrogen and oxygen atoms in total. The normalized spacial score (nSPS) is 11.6. The SMILES string of the molecule is CCOC(=O)Cn1c(=NC(=O)COc2ccc(C)cc2)sc2cc(CC)ccc21. The quantitative estimate of drug-likeness (QED) is 0.556. The summed E-state index contributed by atoms with van der Waals surface area (Å²) in [6.45, 7) is 5.97. The summed E-state index contributed by atoms with van der Waals surface area (Å²) in [7, 11) is 0. The smallest absolute Gasteiger partial charge is 0.326 e. The van der Waals surface area contributed by atoms with E-state index in [4.69, 9.17) is 9.47 Å². The second kappa shape index (κ2) is 9.52. The van der Waals surface area contributed by atoms with E-state index in [1.54, 1.807) is 11.5 Å². The molecule has 29 heavy (non-hydrogen) atoms. The second-order valence-electron chi connectivity index (χ2n) is 6.54. The molecule has 0 saturated heterocycles. The number of ether oxygens (including phenoxy) is 2. The summed E-state index contributed by atoms with van der Waals surface area (Å²) in [5.41, 5.74) is 3.15. The van der Waals surface area contributed by atoms with Crippen molar-refractivity contribution in [1.29, 1.82) is 0 Å². The van der Waals surface area contributed by atoms with Crippen molar-refractivity contribution in [3.8, 4) is 5.75 Å². The highest BCUT2D eigenvalue weighted by molar-refractivity contribution is 7.16. The van der Waals surface area contributed by atoms with Gasteiger partial charge in [0.15, 0.2) is 11.4 Å². The maximum Gasteiger partial charge on any atom is 0.326 e. The third kappa shape index (κ3) is 5.32. The zero-order valence-electron chi connectivity index (χ0n) is 16.8. The summed E-state index contributed by atoms with van der Waals surface area (Å²) in [6.07, 6.45) is 0.904. The van der Waals surface area contributed by atoms with Crippen molar-refractivity contribution in [3.05, 3.63) is 58.4 Å². The van der Waals surface area contributed by atoms with Gasteiger partial charge in [0, 0.05) is 0 Å². The highest BCUT2D eigenvalue weighted by atomic mass is 32.1. The Morgan fingerprint density at radius 1 is 1.10 bits per heavy atom. The van der Waals surface area contributed by atoms with E-state index in [1.807, 2.05) is 43.3 Å². The molecule has 3 rings (SSSR count). The summed E-state index contributed by atoms with van der Waals surface area (Å²) in [5, 5.41) is 0. The van der Waals surface area contributed by atoms with Gasteiger partial charge >= 0.3 is 5.97 Å². The first-order valence-corrected chi connectivity index (χ1v) is 10.4. The first kappa shape index (κ1) is 20.8. The number of carbonyl (C=O) groups excluding carboxylic acids is 2. The maximum absolute atomic E-state index is 12.4. The van der Waals surface area contributed by atoms with Crippen LogP contribution < -0.4 is 9.54 Å². The van der Waals surface area contributed by atoms with Crippen molar-refractivity contribution in [2.45, 2.75) is 33.7 Å². The van der Waals surface area contributed by atoms with E-state index in [1.165, 1.54) is 16.9 Å². The minimum absolute atomic E-state index is 0.00421. The molecular weight excluding hydrogens is 388 g/mol. The number of thiazole rings is 1. The Morgan fingerprint density at radius 2 is 1.86 bits per heavy atom. The summed E-state index contributed by atoms with van der Waals surface area (Å²) in [4.78, 5) is 29.1. The van der Waals surface area contributed by atoms with Crippen molar-refractivity contribution >= 4 is 33.4 Å². The van der Waals surface area contributed by atoms with Gasteiger partial charge in [0.2, 0.25) is 0 Å². The van der Waals surface area contributed by atoms with E-state index < -0.39 is 5.91 Å². The Kier molecular flexibility index (Phi) is 6.82. The molecule has 0 aliphatic rings. The van der Waals surface area contributed by atoms with Crippen molar-refractivity contribution in [2.75, 3.05) is 13.2 Å². The first-order chi connectivity index (χ1) is 14.0. The number of rotatable bonds is 7. The molecule has 0 N–H and O–H groups in total. The molecule has 0 atom stereocenters. The summed E-state index contributed by atoms with van der Waals surface area (Å²) in [5.74, 6) is -0.162. The van der Waals surface area contributed by atoms with E-state index in [9.17, 15) is 9.59 Å². The number of amides is 1. The lowest BCUT2D eigenvalue weighted by atomic mass is 10.2. The lowest BCUT2D eigenvalue weighted by molar-refractivity contribution is -0.143. The molecule has 0 radical (unpaired) electrons. The lowest BCUT2D eigenvalue weighted by Gasteiger charge is -2.06. The van der Waals surface area contributed by atoms with Crippen LogP contribution in [0.5, 0.6) is 5.75 Å². The number of aryl methyl sites for hydroxylation is 2. The molecular formula is C22H24N2O4S. The van der Waals surface area contributed by atoms with Gasteiger partial charge in [-0.25, -0.2) is 0 Å². The van der Waals surface area contributed by atoms with E-state index in [0.717, 1.165) is 22.2 Å². The first-order valence-electron chi connectivity index (χ1n) is 9.55. The summed E-state index contributed by atoms with van der Waals surface area (Å²) < 4.78 is 13.3. The van der Waals surface area contributed by atoms with Gasteiger partial charge in [-0.1, -0.05) is 42.0 Å². The third-order valence-corrected chi connectivity index (χ3v) is 5.39. The average Bonchev–Trinajstić information content (AvgIpc) is 3.03. The van der Waals surface area contributed by atoms with Crippen LogP contribution in [0.25, 0.3) is 10.2 Å². The summed E-state index contributed by atoms with van der Waals surface area (Å²) >= 11 is 1.38. The molecule has 1 aromatic heterocycles. The number of hydrogen-bond donors (Lipinski definition) is 0. The number of benzene rings is 2. The standard InChI is InChI=1S/C22H24N2O4S/c1-4-16-8-11-18-19(12-16)29-22(24(18)13-21(26)27-5-2)23-20(25)14-28-17-9-6-15(3)7-10-17/h6-12H,4-5,13-14H2,1-3H3. The van der Waals surface area contributed by atoms with Crippen LogP contribution in [0.4, 0.5) is 0 Å². The fourth-order valence-electron chi connectivity index (χ4n) is 2.83. The number of aromatic nitrogens is 1. The number of fused-ring (bicyclic) bond motifs is 1. The number of esters is 1. The molecule has 0 bridgehead atoms. The molecule has 2 aromatic carbocycles. The van der Waals surface area contributed by atoms with Crippen LogP contribution in [0.3, 0.4) is 0 Å². The van der Waals surface area contributed by atoms with Gasteiger partial charge in [-0.3, -0.25) is 9.59 Å². The molecule has 0 spiro atoms. The molecule has 0 aliphatic carbocycles. The molecule has 152 valence electrons. The lowest BCUT2D eigenvalue weighted by Crippen LogP contribution is -2.24. The van der Waals surface area contributed by atoms with Crippen LogP contribution in [0.1, 0.15) is 25.0 Å². The zero-order chi connectivity index (χ0) is 20.8. The monoisotopic (exact) mass is 412 g/mol. The largest absolute Gasteiger partial charge is 0.484 e. The van der Waals surface area contributed by atoms with E-state index in [0.29, 0.717) is 17.2 Å². The van der Waals surface area contributed by atoms with Gasteiger partial charge in [-0.05, 0) is 50.1 Å². The fraction of sp³-hybridized carbons (Fsp3) is 0.318. The Hall–Kier alpha value is -2.93. The topological polar surface area (TPSA) is 69.9 Å². The average molecular weight is 413 g/mol. The van der Waals surface area contributed by atoms with Gasteiger partial charge < -0.3 is 14.0 Å². The Morgan fingerprint density at radius 3 is 2.55 bits per heavy atom. The molecule has 1 heterocycles. The molecule has 7 heteroatoms. The van der Waals surface area contributed by atoms with Crippen LogP contribution in [-0.2, 0) is 27.3 Å². The molecule has 0 aliphatic heterocycles. The fourth-order valence-corrected chi connectivity index (χ4v) is 3.94. The minimum atomic E-state index is -0.412. The molecule has 0 saturated carbocycles. The predicted octanol–water partition coefficient (Wildman–Crippen LogP) is 3.64. The van der Waals surface area contributed by atoms with Crippen LogP contribution in [0, 0.1) is 6.92 Å². The highest BCUT2D eigenvalue weighted by Gasteiger charge is 2.13. The van der Waals surface area contributed by atoms with E-state index >= 15 is 0 Å². The van der Waals surface area contributed by atoms with Crippen LogP contribution in [-0.4, -0.2) is 29.7 Å². The second-order valence-corrected chi connectivity index (χ2v) is 7.55. The Labute approximate surface area is 173 Å². The van der Waals surface area contributed by atoms with Crippen molar-refractivity contribution in [3.63, 3.8) is 0 Å². The van der Waals surface area contributed by atoms with Crippen molar-refractivity contribution in [1.82, 2.24) is 4.57 Å². The maximum atomic E-state index is 12.4. The van der Waals surface area contributed by atoms with E-state index in [-0.39, 0.29) is 19.1 Å². The third-order valence-electron chi connectivity index (χ3n) is 4.35. The Balaban J connectivity index is 1.89. The zero-order valence-corrected chi connectivity index (χ0v) is 17.6. The molecule has 1 amide bonds. The van der Waals surface area contributed by atoms with Gasteiger partial charge in [0.1, 0.15) is 12.3 Å². The number of hydrogen-bond acceptors (Lipinski definition) is 5. The number of carbonyl (C=O) groups is 2. The van der Waals surface area contributed by atoms with Crippen LogP contribution >= 0.6 is 11.3 Å². The van der Waals surface area contributed by atoms with E-state index in [2.05, 4.69) is 18.0 Å². The predicted molar refractivity (Wildman–Crippen MR) is 113 cm³/mol. The van der Waals surface area contributed by atoms with Gasteiger partial charge in [0.25, 0.3) is 5.91 Å². The number of nitrogens with zero attached hydrogens (tertiary/aromatic N) is 2. The van der Waals surface area contributed by atoms with Crippen molar-refractivity contribution < 1.29 is 19.1 Å². The summed E-state index contributed by atoms with van der Waals surface area (Å²) in [6, 6.07) is 13.5. The van der Waals surface area contributed by atoms with Crippen LogP contribution in [0.15, 0.2) is 47.5 Å². The van der Waals surface area contributed by atoms with Crippen molar-refractivity contribution in [2.24, 2.45) is 4.99 Å². The van der Waals surface area contributed by atoms with Crippen LogP contribution in [0.2, 0.25) is 0 Å². The van der Waals surface area contributed by atoms with Gasteiger partial charge in [-0.2, -0.15) is 4.99 Å².